The summed E-state index contributed by atoms with van der Waals surface area (Å²) >= 11 is 13.4. The number of thioether (sulfide) groups is 1. The Morgan fingerprint density at radius 3 is 2.22 bits per heavy atom. The summed E-state index contributed by atoms with van der Waals surface area (Å²) in [6.07, 6.45) is 0.818. The molecule has 5 heteroatoms. The number of allylic oxidation sites excluding steroid dienone is 2. The highest BCUT2D eigenvalue weighted by Crippen LogP contribution is 2.44. The molecule has 0 bridgehead atoms. The molecule has 0 saturated heterocycles. The first-order valence-corrected chi connectivity index (χ1v) is 8.75. The predicted molar refractivity (Wildman–Crippen MR) is 95.4 cm³/mol. The first-order valence-electron chi connectivity index (χ1n) is 7.18. The number of carbonyl (C=O) groups is 1. The number of rotatable bonds is 3. The minimum atomic E-state index is -0.0800. The summed E-state index contributed by atoms with van der Waals surface area (Å²) in [7, 11) is 0. The van der Waals surface area contributed by atoms with Crippen molar-refractivity contribution in [3.63, 3.8) is 0 Å². The van der Waals surface area contributed by atoms with Crippen LogP contribution >= 0.6 is 35.0 Å². The Balaban J connectivity index is 1.87. The third-order valence-corrected chi connectivity index (χ3v) is 5.95. The third-order valence-electron chi connectivity index (χ3n) is 3.78. The van der Waals surface area contributed by atoms with E-state index < -0.39 is 0 Å². The number of aliphatic hydroxyl groups excluding tert-OH is 1. The molecule has 0 spiro atoms. The van der Waals surface area contributed by atoms with Gasteiger partial charge in [-0.05, 0) is 23.6 Å². The molecule has 0 aliphatic heterocycles. The maximum atomic E-state index is 12.5. The van der Waals surface area contributed by atoms with Gasteiger partial charge in [0.2, 0.25) is 0 Å². The van der Waals surface area contributed by atoms with E-state index in [0.717, 1.165) is 17.3 Å². The standard InChI is InChI=1S/C18H14Cl2O2S/c19-13-7-4-8-14(20)17(13)23-18-15(21)9-12(10-16(18)22)11-5-2-1-3-6-11/h1-8,12,21H,9-10H2. The summed E-state index contributed by atoms with van der Waals surface area (Å²) in [6, 6.07) is 15.0. The van der Waals surface area contributed by atoms with E-state index in [-0.39, 0.29) is 17.5 Å². The van der Waals surface area contributed by atoms with Gasteiger partial charge in [0, 0.05) is 17.7 Å². The number of carbonyl (C=O) groups excluding carboxylic acids is 1. The Hall–Kier alpha value is -1.42. The van der Waals surface area contributed by atoms with Crippen molar-refractivity contribution in [3.8, 4) is 0 Å². The average molecular weight is 365 g/mol. The SMILES string of the molecule is O=C1CC(c2ccccc2)CC(O)=C1Sc1c(Cl)cccc1Cl. The molecule has 1 N–H and O–H groups in total. The highest BCUT2D eigenvalue weighted by Gasteiger charge is 2.30. The van der Waals surface area contributed by atoms with Gasteiger partial charge >= 0.3 is 0 Å². The molecular weight excluding hydrogens is 351 g/mol. The van der Waals surface area contributed by atoms with Crippen molar-refractivity contribution in [2.24, 2.45) is 0 Å². The molecule has 3 rings (SSSR count). The molecular formula is C18H14Cl2O2S. The fourth-order valence-corrected chi connectivity index (χ4v) is 4.20. The lowest BCUT2D eigenvalue weighted by molar-refractivity contribution is -0.115. The fourth-order valence-electron chi connectivity index (χ4n) is 2.63. The van der Waals surface area contributed by atoms with Gasteiger partial charge in [-0.2, -0.15) is 0 Å². The number of aliphatic hydroxyl groups is 1. The number of ketones is 1. The first-order chi connectivity index (χ1) is 11.1. The molecule has 118 valence electrons. The van der Waals surface area contributed by atoms with Gasteiger partial charge in [0.15, 0.2) is 5.78 Å². The van der Waals surface area contributed by atoms with Crippen LogP contribution in [0.5, 0.6) is 0 Å². The zero-order valence-corrected chi connectivity index (χ0v) is 14.5. The van der Waals surface area contributed by atoms with E-state index in [4.69, 9.17) is 23.2 Å². The van der Waals surface area contributed by atoms with Crippen LogP contribution in [0.25, 0.3) is 0 Å². The lowest BCUT2D eigenvalue weighted by Gasteiger charge is -2.23. The largest absolute Gasteiger partial charge is 0.511 e. The molecule has 2 aromatic rings. The Labute approximate surface area is 149 Å². The normalized spacial score (nSPS) is 18.3. The van der Waals surface area contributed by atoms with Crippen molar-refractivity contribution in [2.45, 2.75) is 23.7 Å². The van der Waals surface area contributed by atoms with Crippen molar-refractivity contribution in [2.75, 3.05) is 0 Å². The van der Waals surface area contributed by atoms with Crippen molar-refractivity contribution >= 4 is 40.7 Å². The van der Waals surface area contributed by atoms with Crippen molar-refractivity contribution < 1.29 is 9.90 Å². The molecule has 0 saturated carbocycles. The number of Topliss-reactive ketones (excluding diaryl/α,β-unsaturated/α-hetero) is 1. The Morgan fingerprint density at radius 1 is 0.957 bits per heavy atom. The Kier molecular flexibility index (Phi) is 5.00. The first kappa shape index (κ1) is 16.4. The molecule has 23 heavy (non-hydrogen) atoms. The molecule has 2 nitrogen and oxygen atoms in total. The number of hydrogen-bond acceptors (Lipinski definition) is 3. The van der Waals surface area contributed by atoms with E-state index in [1.165, 1.54) is 0 Å². The molecule has 1 unspecified atom stereocenters. The van der Waals surface area contributed by atoms with Crippen LogP contribution in [0.4, 0.5) is 0 Å². The maximum absolute atomic E-state index is 12.5. The van der Waals surface area contributed by atoms with Gasteiger partial charge < -0.3 is 5.11 Å². The van der Waals surface area contributed by atoms with E-state index >= 15 is 0 Å². The topological polar surface area (TPSA) is 37.3 Å². The predicted octanol–water partition coefficient (Wildman–Crippen LogP) is 6.00. The van der Waals surface area contributed by atoms with Crippen molar-refractivity contribution in [3.05, 3.63) is 74.8 Å². The summed E-state index contributed by atoms with van der Waals surface area (Å²) in [5, 5.41) is 11.3. The molecule has 0 heterocycles. The molecule has 2 aromatic carbocycles. The molecule has 1 aliphatic carbocycles. The van der Waals surface area contributed by atoms with Crippen LogP contribution in [0.15, 0.2) is 64.1 Å². The summed E-state index contributed by atoms with van der Waals surface area (Å²) in [4.78, 5) is 13.4. The zero-order valence-electron chi connectivity index (χ0n) is 12.1. The molecule has 0 radical (unpaired) electrons. The Bertz CT molecular complexity index is 752. The molecule has 0 fully saturated rings. The highest BCUT2D eigenvalue weighted by atomic mass is 35.5. The quantitative estimate of drug-likeness (QED) is 0.725. The van der Waals surface area contributed by atoms with Crippen LogP contribution in [0, 0.1) is 0 Å². The van der Waals surface area contributed by atoms with Crippen LogP contribution < -0.4 is 0 Å². The van der Waals surface area contributed by atoms with Gasteiger partial charge in [0.05, 0.1) is 15.0 Å². The van der Waals surface area contributed by atoms with Crippen LogP contribution in [-0.2, 0) is 4.79 Å². The van der Waals surface area contributed by atoms with Crippen molar-refractivity contribution in [1.82, 2.24) is 0 Å². The summed E-state index contributed by atoms with van der Waals surface area (Å²) in [5.74, 6) is 0.0365. The van der Waals surface area contributed by atoms with Gasteiger partial charge in [0.25, 0.3) is 0 Å². The van der Waals surface area contributed by atoms with Crippen molar-refractivity contribution in [1.29, 1.82) is 0 Å². The van der Waals surface area contributed by atoms with Crippen LogP contribution in [-0.4, -0.2) is 10.9 Å². The minimum absolute atomic E-state index is 0.00904. The number of benzene rings is 2. The average Bonchev–Trinajstić information content (AvgIpc) is 2.54. The zero-order chi connectivity index (χ0) is 16.4. The van der Waals surface area contributed by atoms with Gasteiger partial charge in [-0.1, -0.05) is 71.4 Å². The van der Waals surface area contributed by atoms with E-state index in [1.807, 2.05) is 30.3 Å². The summed E-state index contributed by atoms with van der Waals surface area (Å²) < 4.78 is 0. The number of halogens is 2. The third kappa shape index (κ3) is 3.57. The van der Waals surface area contributed by atoms with E-state index in [1.54, 1.807) is 18.2 Å². The number of hydrogen-bond donors (Lipinski definition) is 1. The lowest BCUT2D eigenvalue weighted by Crippen LogP contribution is -2.17. The molecule has 1 atom stereocenters. The second-order valence-electron chi connectivity index (χ2n) is 5.37. The van der Waals surface area contributed by atoms with Crippen LogP contribution in [0.1, 0.15) is 24.3 Å². The van der Waals surface area contributed by atoms with Gasteiger partial charge in [-0.25, -0.2) is 0 Å². The van der Waals surface area contributed by atoms with Crippen LogP contribution in [0.2, 0.25) is 10.0 Å². The van der Waals surface area contributed by atoms with Crippen LogP contribution in [0.3, 0.4) is 0 Å². The molecule has 1 aliphatic rings. The highest BCUT2D eigenvalue weighted by molar-refractivity contribution is 8.04. The second-order valence-corrected chi connectivity index (χ2v) is 7.20. The van der Waals surface area contributed by atoms with Gasteiger partial charge in [-0.3, -0.25) is 4.79 Å². The smallest absolute Gasteiger partial charge is 0.173 e. The second kappa shape index (κ2) is 7.00. The van der Waals surface area contributed by atoms with E-state index in [9.17, 15) is 9.90 Å². The monoisotopic (exact) mass is 364 g/mol. The van der Waals surface area contributed by atoms with E-state index in [2.05, 4.69) is 0 Å². The lowest BCUT2D eigenvalue weighted by atomic mass is 9.86. The summed E-state index contributed by atoms with van der Waals surface area (Å²) in [6.45, 7) is 0. The summed E-state index contributed by atoms with van der Waals surface area (Å²) in [5.41, 5.74) is 1.06. The minimum Gasteiger partial charge on any atom is -0.511 e. The maximum Gasteiger partial charge on any atom is 0.173 e. The van der Waals surface area contributed by atoms with E-state index in [0.29, 0.717) is 32.7 Å². The van der Waals surface area contributed by atoms with Gasteiger partial charge in [-0.15, -0.1) is 0 Å². The molecule has 0 aromatic heterocycles. The fraction of sp³-hybridized carbons (Fsp3) is 0.167. The Morgan fingerprint density at radius 2 is 1.61 bits per heavy atom. The van der Waals surface area contributed by atoms with Gasteiger partial charge in [0.1, 0.15) is 5.76 Å². The molecule has 0 amide bonds.